The minimum absolute atomic E-state index is 0.411. The van der Waals surface area contributed by atoms with E-state index in [0.717, 1.165) is 12.5 Å². The van der Waals surface area contributed by atoms with Crippen molar-refractivity contribution in [2.45, 2.75) is 64.0 Å². The molecule has 2 unspecified atom stereocenters. The highest BCUT2D eigenvalue weighted by molar-refractivity contribution is 5.16. The lowest BCUT2D eigenvalue weighted by atomic mass is 9.94. The SMILES string of the molecule is CCOC(C1CC1)C(NC)C1=CCCCCC1. The molecule has 0 amide bonds. The first-order chi connectivity index (χ1) is 8.36. The van der Waals surface area contributed by atoms with Gasteiger partial charge < -0.3 is 10.1 Å². The van der Waals surface area contributed by atoms with Crippen molar-refractivity contribution in [3.05, 3.63) is 11.6 Å². The van der Waals surface area contributed by atoms with Crippen LogP contribution in [0.4, 0.5) is 0 Å². The molecule has 2 nitrogen and oxygen atoms in total. The quantitative estimate of drug-likeness (QED) is 0.716. The second-order valence-corrected chi connectivity index (χ2v) is 5.40. The Morgan fingerprint density at radius 2 is 2.18 bits per heavy atom. The molecule has 1 fully saturated rings. The smallest absolute Gasteiger partial charge is 0.0794 e. The van der Waals surface area contributed by atoms with Crippen molar-refractivity contribution in [3.8, 4) is 0 Å². The van der Waals surface area contributed by atoms with E-state index >= 15 is 0 Å². The molecule has 0 aromatic carbocycles. The fourth-order valence-corrected chi connectivity index (χ4v) is 3.00. The van der Waals surface area contributed by atoms with Gasteiger partial charge in [-0.1, -0.05) is 18.1 Å². The molecule has 0 spiro atoms. The summed E-state index contributed by atoms with van der Waals surface area (Å²) in [6, 6.07) is 0.459. The van der Waals surface area contributed by atoms with E-state index in [1.54, 1.807) is 5.57 Å². The van der Waals surface area contributed by atoms with Crippen LogP contribution in [-0.2, 0) is 4.74 Å². The molecule has 98 valence electrons. The Bertz CT molecular complexity index is 258. The highest BCUT2D eigenvalue weighted by Gasteiger charge is 2.37. The summed E-state index contributed by atoms with van der Waals surface area (Å²) in [6.45, 7) is 2.95. The molecular formula is C15H27NO. The first-order valence-corrected chi connectivity index (χ1v) is 7.34. The molecule has 0 aromatic rings. The van der Waals surface area contributed by atoms with Crippen LogP contribution < -0.4 is 5.32 Å². The Hall–Kier alpha value is -0.340. The summed E-state index contributed by atoms with van der Waals surface area (Å²) >= 11 is 0. The Morgan fingerprint density at radius 1 is 1.35 bits per heavy atom. The van der Waals surface area contributed by atoms with E-state index in [9.17, 15) is 0 Å². The van der Waals surface area contributed by atoms with Crippen LogP contribution in [0.25, 0.3) is 0 Å². The lowest BCUT2D eigenvalue weighted by Gasteiger charge is -2.29. The van der Waals surface area contributed by atoms with E-state index in [1.165, 1.54) is 44.9 Å². The van der Waals surface area contributed by atoms with Crippen molar-refractivity contribution in [2.24, 2.45) is 5.92 Å². The van der Waals surface area contributed by atoms with Crippen molar-refractivity contribution in [3.63, 3.8) is 0 Å². The standard InChI is InChI=1S/C15H27NO/c1-3-17-15(13-10-11-13)14(16-2)12-8-6-4-5-7-9-12/h8,13-16H,3-7,9-11H2,1-2H3. The number of nitrogens with one attached hydrogen (secondary N) is 1. The normalized spacial score (nSPS) is 24.9. The maximum absolute atomic E-state index is 6.01. The Balaban J connectivity index is 2.03. The van der Waals surface area contributed by atoms with Gasteiger partial charge in [0.2, 0.25) is 0 Å². The van der Waals surface area contributed by atoms with Gasteiger partial charge in [0.05, 0.1) is 12.1 Å². The van der Waals surface area contributed by atoms with Gasteiger partial charge in [-0.3, -0.25) is 0 Å². The lowest BCUT2D eigenvalue weighted by Crippen LogP contribution is -2.42. The van der Waals surface area contributed by atoms with Crippen LogP contribution in [0.1, 0.15) is 51.9 Å². The van der Waals surface area contributed by atoms with E-state index in [0.29, 0.717) is 12.1 Å². The van der Waals surface area contributed by atoms with Crippen molar-refractivity contribution in [1.29, 1.82) is 0 Å². The van der Waals surface area contributed by atoms with Crippen LogP contribution in [0.15, 0.2) is 11.6 Å². The van der Waals surface area contributed by atoms with Gasteiger partial charge in [0.25, 0.3) is 0 Å². The zero-order chi connectivity index (χ0) is 12.1. The summed E-state index contributed by atoms with van der Waals surface area (Å²) in [6.07, 6.45) is 12.2. The maximum Gasteiger partial charge on any atom is 0.0794 e. The Labute approximate surface area is 106 Å². The number of allylic oxidation sites excluding steroid dienone is 1. The lowest BCUT2D eigenvalue weighted by molar-refractivity contribution is 0.0288. The fourth-order valence-electron chi connectivity index (χ4n) is 3.00. The van der Waals surface area contributed by atoms with Gasteiger partial charge in [-0.2, -0.15) is 0 Å². The van der Waals surface area contributed by atoms with Crippen molar-refractivity contribution < 1.29 is 4.74 Å². The summed E-state index contributed by atoms with van der Waals surface area (Å²) in [5.74, 6) is 0.802. The van der Waals surface area contributed by atoms with Crippen LogP contribution in [0.5, 0.6) is 0 Å². The molecule has 1 N–H and O–H groups in total. The zero-order valence-corrected chi connectivity index (χ0v) is 11.4. The molecule has 2 atom stereocenters. The molecular weight excluding hydrogens is 210 g/mol. The first-order valence-electron chi connectivity index (χ1n) is 7.34. The summed E-state index contributed by atoms with van der Waals surface area (Å²) in [7, 11) is 2.09. The van der Waals surface area contributed by atoms with E-state index in [1.807, 2.05) is 0 Å². The Morgan fingerprint density at radius 3 is 2.82 bits per heavy atom. The third-order valence-corrected chi connectivity index (χ3v) is 4.06. The maximum atomic E-state index is 6.01. The number of rotatable bonds is 6. The molecule has 2 heteroatoms. The first kappa shape index (κ1) is 13.1. The van der Waals surface area contributed by atoms with Gasteiger partial charge in [-0.05, 0) is 58.4 Å². The third kappa shape index (κ3) is 3.56. The summed E-state index contributed by atoms with van der Waals surface area (Å²) in [5, 5.41) is 3.51. The van der Waals surface area contributed by atoms with Gasteiger partial charge in [0.1, 0.15) is 0 Å². The van der Waals surface area contributed by atoms with E-state index in [2.05, 4.69) is 25.4 Å². The number of hydrogen-bond acceptors (Lipinski definition) is 2. The predicted octanol–water partition coefficient (Wildman–Crippen LogP) is 3.28. The molecule has 1 saturated carbocycles. The summed E-state index contributed by atoms with van der Waals surface area (Å²) in [5.41, 5.74) is 1.61. The minimum atomic E-state index is 0.411. The van der Waals surface area contributed by atoms with E-state index in [-0.39, 0.29) is 0 Å². The second kappa shape index (κ2) is 6.55. The van der Waals surface area contributed by atoms with Crippen LogP contribution >= 0.6 is 0 Å². The van der Waals surface area contributed by atoms with Gasteiger partial charge in [0, 0.05) is 6.61 Å². The van der Waals surface area contributed by atoms with Crippen LogP contribution in [0.2, 0.25) is 0 Å². The molecule has 2 aliphatic rings. The zero-order valence-electron chi connectivity index (χ0n) is 11.4. The second-order valence-electron chi connectivity index (χ2n) is 5.40. The van der Waals surface area contributed by atoms with Crippen molar-refractivity contribution in [1.82, 2.24) is 5.32 Å². The molecule has 17 heavy (non-hydrogen) atoms. The van der Waals surface area contributed by atoms with Gasteiger partial charge in [0.15, 0.2) is 0 Å². The van der Waals surface area contributed by atoms with Crippen molar-refractivity contribution >= 4 is 0 Å². The van der Waals surface area contributed by atoms with Crippen LogP contribution in [0, 0.1) is 5.92 Å². The molecule has 0 heterocycles. The minimum Gasteiger partial charge on any atom is -0.376 e. The molecule has 0 bridgehead atoms. The molecule has 0 saturated heterocycles. The average Bonchev–Trinajstić information content (AvgIpc) is 3.17. The molecule has 2 aliphatic carbocycles. The molecule has 0 aromatic heterocycles. The summed E-state index contributed by atoms with van der Waals surface area (Å²) in [4.78, 5) is 0. The average molecular weight is 237 g/mol. The number of hydrogen-bond donors (Lipinski definition) is 1. The topological polar surface area (TPSA) is 21.3 Å². The monoisotopic (exact) mass is 237 g/mol. The van der Waals surface area contributed by atoms with Gasteiger partial charge >= 0.3 is 0 Å². The highest BCUT2D eigenvalue weighted by atomic mass is 16.5. The van der Waals surface area contributed by atoms with Gasteiger partial charge in [-0.25, -0.2) is 0 Å². The Kier molecular flexibility index (Phi) is 5.05. The fraction of sp³-hybridized carbons (Fsp3) is 0.867. The highest BCUT2D eigenvalue weighted by Crippen LogP contribution is 2.38. The molecule has 0 aliphatic heterocycles. The number of likely N-dealkylation sites (N-methyl/N-ethyl adjacent to an activating group) is 1. The number of ether oxygens (including phenoxy) is 1. The van der Waals surface area contributed by atoms with Crippen molar-refractivity contribution in [2.75, 3.05) is 13.7 Å². The molecule has 0 radical (unpaired) electrons. The molecule has 2 rings (SSSR count). The van der Waals surface area contributed by atoms with Gasteiger partial charge in [-0.15, -0.1) is 0 Å². The predicted molar refractivity (Wildman–Crippen MR) is 72.2 cm³/mol. The largest absolute Gasteiger partial charge is 0.376 e. The summed E-state index contributed by atoms with van der Waals surface area (Å²) < 4.78 is 6.01. The van der Waals surface area contributed by atoms with E-state index in [4.69, 9.17) is 4.74 Å². The van der Waals surface area contributed by atoms with E-state index < -0.39 is 0 Å². The van der Waals surface area contributed by atoms with Crippen LogP contribution in [-0.4, -0.2) is 25.8 Å². The third-order valence-electron chi connectivity index (χ3n) is 4.06. The van der Waals surface area contributed by atoms with Crippen LogP contribution in [0.3, 0.4) is 0 Å².